The first kappa shape index (κ1) is 13.0. The molecular weight excluding hydrogens is 294 g/mol. The maximum atomic E-state index is 5.22. The molecule has 18 heavy (non-hydrogen) atoms. The zero-order chi connectivity index (χ0) is 13.1. The number of imidazole rings is 1. The zero-order valence-electron chi connectivity index (χ0n) is 10.6. The molecule has 0 bridgehead atoms. The molecule has 0 saturated heterocycles. The Bertz CT molecular complexity index is 539. The van der Waals surface area contributed by atoms with Gasteiger partial charge >= 0.3 is 0 Å². The number of ether oxygens (including phenoxy) is 1. The van der Waals surface area contributed by atoms with Gasteiger partial charge in [0.15, 0.2) is 0 Å². The summed E-state index contributed by atoms with van der Waals surface area (Å²) in [4.78, 5) is 4.34. The number of nitrogens with zero attached hydrogens (tertiary/aromatic N) is 2. The molecule has 1 heterocycles. The second kappa shape index (κ2) is 5.44. The lowest BCUT2D eigenvalue weighted by Crippen LogP contribution is -2.12. The van der Waals surface area contributed by atoms with Gasteiger partial charge in [-0.3, -0.25) is 0 Å². The smallest absolute Gasteiger partial charge is 0.130 e. The van der Waals surface area contributed by atoms with Crippen LogP contribution < -0.4 is 10.1 Å². The topological polar surface area (TPSA) is 39.1 Å². The van der Waals surface area contributed by atoms with E-state index in [1.807, 2.05) is 36.0 Å². The van der Waals surface area contributed by atoms with Crippen molar-refractivity contribution >= 4 is 21.6 Å². The number of halogens is 1. The van der Waals surface area contributed by atoms with Gasteiger partial charge in [0.1, 0.15) is 11.6 Å². The van der Waals surface area contributed by atoms with Crippen LogP contribution in [0.3, 0.4) is 0 Å². The maximum Gasteiger partial charge on any atom is 0.130 e. The van der Waals surface area contributed by atoms with Crippen LogP contribution >= 0.6 is 15.9 Å². The lowest BCUT2D eigenvalue weighted by molar-refractivity contribution is 0.415. The normalized spacial score (nSPS) is 12.2. The Hall–Kier alpha value is -1.49. The van der Waals surface area contributed by atoms with Crippen LogP contribution in [0.25, 0.3) is 0 Å². The molecule has 1 aromatic heterocycles. The summed E-state index contributed by atoms with van der Waals surface area (Å²) in [7, 11) is 3.65. The first-order chi connectivity index (χ1) is 8.61. The molecule has 0 fully saturated rings. The highest BCUT2D eigenvalue weighted by molar-refractivity contribution is 9.10. The summed E-state index contributed by atoms with van der Waals surface area (Å²) in [6.45, 7) is 2.08. The van der Waals surface area contributed by atoms with Crippen LogP contribution in [0, 0.1) is 0 Å². The van der Waals surface area contributed by atoms with Gasteiger partial charge in [0.05, 0.1) is 18.8 Å². The van der Waals surface area contributed by atoms with Crippen LogP contribution in [0.5, 0.6) is 5.75 Å². The standard InChI is InChI=1S/C13H16BrN3O/c1-9(13-15-6-7-17(13)2)16-12-8-10(18-3)4-5-11(12)14/h4-9,16H,1-3H3. The molecule has 1 N–H and O–H groups in total. The average molecular weight is 310 g/mol. The van der Waals surface area contributed by atoms with Crippen molar-refractivity contribution in [1.82, 2.24) is 9.55 Å². The molecular formula is C13H16BrN3O. The Balaban J connectivity index is 2.21. The monoisotopic (exact) mass is 309 g/mol. The molecule has 2 rings (SSSR count). The van der Waals surface area contributed by atoms with Crippen molar-refractivity contribution in [3.8, 4) is 5.75 Å². The van der Waals surface area contributed by atoms with E-state index in [4.69, 9.17) is 4.74 Å². The fraction of sp³-hybridized carbons (Fsp3) is 0.308. The minimum Gasteiger partial charge on any atom is -0.497 e. The number of hydrogen-bond acceptors (Lipinski definition) is 3. The number of aryl methyl sites for hydroxylation is 1. The summed E-state index contributed by atoms with van der Waals surface area (Å²) >= 11 is 3.52. The van der Waals surface area contributed by atoms with E-state index in [9.17, 15) is 0 Å². The quantitative estimate of drug-likeness (QED) is 0.941. The maximum absolute atomic E-state index is 5.22. The number of benzene rings is 1. The van der Waals surface area contributed by atoms with E-state index < -0.39 is 0 Å². The molecule has 0 amide bonds. The summed E-state index contributed by atoms with van der Waals surface area (Å²) in [5, 5.41) is 3.42. The molecule has 0 aliphatic heterocycles. The van der Waals surface area contributed by atoms with Gasteiger partial charge < -0.3 is 14.6 Å². The van der Waals surface area contributed by atoms with Crippen molar-refractivity contribution in [2.24, 2.45) is 7.05 Å². The number of hydrogen-bond donors (Lipinski definition) is 1. The van der Waals surface area contributed by atoms with Gasteiger partial charge in [0.2, 0.25) is 0 Å². The Morgan fingerprint density at radius 3 is 2.83 bits per heavy atom. The number of anilines is 1. The average Bonchev–Trinajstić information content (AvgIpc) is 2.78. The van der Waals surface area contributed by atoms with E-state index in [0.29, 0.717) is 0 Å². The molecule has 1 unspecified atom stereocenters. The summed E-state index contributed by atoms with van der Waals surface area (Å²) in [5.74, 6) is 1.82. The third-order valence-electron chi connectivity index (χ3n) is 2.79. The Kier molecular flexibility index (Phi) is 3.91. The van der Waals surface area contributed by atoms with E-state index >= 15 is 0 Å². The van der Waals surface area contributed by atoms with Crippen molar-refractivity contribution in [3.63, 3.8) is 0 Å². The third-order valence-corrected chi connectivity index (χ3v) is 3.48. The number of methoxy groups -OCH3 is 1. The Morgan fingerprint density at radius 2 is 2.22 bits per heavy atom. The van der Waals surface area contributed by atoms with Crippen molar-refractivity contribution in [2.75, 3.05) is 12.4 Å². The summed E-state index contributed by atoms with van der Waals surface area (Å²) in [6.07, 6.45) is 3.74. The van der Waals surface area contributed by atoms with Gasteiger partial charge in [-0.25, -0.2) is 4.98 Å². The molecule has 0 radical (unpaired) electrons. The lowest BCUT2D eigenvalue weighted by Gasteiger charge is -2.17. The van der Waals surface area contributed by atoms with Gasteiger partial charge in [0.25, 0.3) is 0 Å². The predicted molar refractivity (Wildman–Crippen MR) is 75.9 cm³/mol. The van der Waals surface area contributed by atoms with Crippen molar-refractivity contribution in [2.45, 2.75) is 13.0 Å². The molecule has 0 spiro atoms. The van der Waals surface area contributed by atoms with E-state index in [2.05, 4.69) is 33.2 Å². The van der Waals surface area contributed by atoms with Crippen LogP contribution in [0.1, 0.15) is 18.8 Å². The van der Waals surface area contributed by atoms with Crippen LogP contribution in [-0.2, 0) is 7.05 Å². The van der Waals surface area contributed by atoms with Gasteiger partial charge in [-0.05, 0) is 35.0 Å². The third kappa shape index (κ3) is 2.67. The largest absolute Gasteiger partial charge is 0.497 e. The summed E-state index contributed by atoms with van der Waals surface area (Å²) < 4.78 is 8.23. The fourth-order valence-electron chi connectivity index (χ4n) is 1.83. The first-order valence-corrected chi connectivity index (χ1v) is 6.48. The van der Waals surface area contributed by atoms with Gasteiger partial charge in [-0.1, -0.05) is 0 Å². The number of aromatic nitrogens is 2. The molecule has 0 saturated carbocycles. The van der Waals surface area contributed by atoms with E-state index in [1.165, 1.54) is 0 Å². The SMILES string of the molecule is COc1ccc(Br)c(NC(C)c2nccn2C)c1. The van der Waals surface area contributed by atoms with Crippen LogP contribution in [0.15, 0.2) is 35.1 Å². The summed E-state index contributed by atoms with van der Waals surface area (Å²) in [5.41, 5.74) is 0.991. The molecule has 2 aromatic rings. The van der Waals surface area contributed by atoms with Gasteiger partial charge in [0, 0.05) is 30.0 Å². The molecule has 0 aliphatic rings. The van der Waals surface area contributed by atoms with Crippen LogP contribution in [0.4, 0.5) is 5.69 Å². The highest BCUT2D eigenvalue weighted by Gasteiger charge is 2.12. The lowest BCUT2D eigenvalue weighted by atomic mass is 10.2. The van der Waals surface area contributed by atoms with Gasteiger partial charge in [-0.2, -0.15) is 0 Å². The second-order valence-corrected chi connectivity index (χ2v) is 4.96. The van der Waals surface area contributed by atoms with E-state index in [1.54, 1.807) is 13.3 Å². The fourth-order valence-corrected chi connectivity index (χ4v) is 2.20. The molecule has 1 aromatic carbocycles. The number of nitrogens with one attached hydrogen (secondary N) is 1. The molecule has 1 atom stereocenters. The first-order valence-electron chi connectivity index (χ1n) is 5.69. The number of rotatable bonds is 4. The van der Waals surface area contributed by atoms with Crippen molar-refractivity contribution in [1.29, 1.82) is 0 Å². The Morgan fingerprint density at radius 1 is 1.44 bits per heavy atom. The van der Waals surface area contributed by atoms with Crippen LogP contribution in [-0.4, -0.2) is 16.7 Å². The predicted octanol–water partition coefficient (Wildman–Crippen LogP) is 3.36. The second-order valence-electron chi connectivity index (χ2n) is 4.11. The highest BCUT2D eigenvalue weighted by atomic mass is 79.9. The minimum absolute atomic E-state index is 0.119. The van der Waals surface area contributed by atoms with Crippen molar-refractivity contribution < 1.29 is 4.74 Å². The Labute approximate surface area is 115 Å². The van der Waals surface area contributed by atoms with Gasteiger partial charge in [-0.15, -0.1) is 0 Å². The molecule has 0 aliphatic carbocycles. The molecule has 4 nitrogen and oxygen atoms in total. The molecule has 5 heteroatoms. The summed E-state index contributed by atoms with van der Waals surface area (Å²) in [6, 6.07) is 5.96. The van der Waals surface area contributed by atoms with Crippen LogP contribution in [0.2, 0.25) is 0 Å². The van der Waals surface area contributed by atoms with E-state index in [-0.39, 0.29) is 6.04 Å². The van der Waals surface area contributed by atoms with E-state index in [0.717, 1.165) is 21.7 Å². The minimum atomic E-state index is 0.119. The molecule has 96 valence electrons. The highest BCUT2D eigenvalue weighted by Crippen LogP contribution is 2.29. The zero-order valence-corrected chi connectivity index (χ0v) is 12.2. The van der Waals surface area contributed by atoms with Crippen molar-refractivity contribution in [3.05, 3.63) is 40.9 Å².